The third-order valence-corrected chi connectivity index (χ3v) is 10.4. The number of aromatic nitrogens is 1. The van der Waals surface area contributed by atoms with Gasteiger partial charge in [0.1, 0.15) is 22.9 Å². The Kier molecular flexibility index (Phi) is 15.4. The largest absolute Gasteiger partial charge is 0.467 e. The molecule has 4 rings (SSSR count). The first kappa shape index (κ1) is 48.1. The van der Waals surface area contributed by atoms with Crippen molar-refractivity contribution < 1.29 is 58.2 Å². The zero-order chi connectivity index (χ0) is 41.2. The fourth-order valence-corrected chi connectivity index (χ4v) is 6.21. The summed E-state index contributed by atoms with van der Waals surface area (Å²) in [6, 6.07) is 1.04. The van der Waals surface area contributed by atoms with E-state index in [4.69, 9.17) is 37.6 Å². The average Bonchev–Trinajstić information content (AvgIpc) is 3.74. The highest BCUT2D eigenvalue weighted by molar-refractivity contribution is 6.45. The van der Waals surface area contributed by atoms with Gasteiger partial charge in [0, 0.05) is 14.2 Å². The Morgan fingerprint density at radius 1 is 0.764 bits per heavy atom. The third-order valence-electron chi connectivity index (χ3n) is 10.4. The highest BCUT2D eigenvalue weighted by Gasteiger charge is 2.52. The minimum absolute atomic E-state index is 0. The Balaban J connectivity index is 0.000000541. The van der Waals surface area contributed by atoms with Crippen LogP contribution in [0.25, 0.3) is 0 Å². The first-order chi connectivity index (χ1) is 24.5. The van der Waals surface area contributed by atoms with Crippen LogP contribution in [0.3, 0.4) is 0 Å². The Morgan fingerprint density at radius 2 is 1.22 bits per heavy atom. The number of amides is 1. The van der Waals surface area contributed by atoms with E-state index in [1.54, 1.807) is 33.0 Å². The van der Waals surface area contributed by atoms with Gasteiger partial charge in [-0.1, -0.05) is 13.8 Å². The Morgan fingerprint density at radius 3 is 1.65 bits per heavy atom. The highest BCUT2D eigenvalue weighted by atomic mass is 16.7. The van der Waals surface area contributed by atoms with E-state index < -0.39 is 52.6 Å². The number of hydrogen-bond acceptors (Lipinski definition) is 12. The number of methoxy groups -OCH3 is 2. The summed E-state index contributed by atoms with van der Waals surface area (Å²) in [6.07, 6.45) is 3.76. The van der Waals surface area contributed by atoms with Crippen molar-refractivity contribution in [2.45, 2.75) is 176 Å². The minimum Gasteiger partial charge on any atom is -0.467 e. The highest BCUT2D eigenvalue weighted by Crippen LogP contribution is 2.40. The summed E-state index contributed by atoms with van der Waals surface area (Å²) >= 11 is 0. The van der Waals surface area contributed by atoms with Gasteiger partial charge in [0.2, 0.25) is 0 Å². The number of likely N-dealkylation sites (tertiary alicyclic amines) is 1. The number of rotatable bonds is 8. The van der Waals surface area contributed by atoms with E-state index in [-0.39, 0.29) is 45.9 Å². The lowest BCUT2D eigenvalue weighted by molar-refractivity contribution is -0.145. The molecule has 14 nitrogen and oxygen atoms in total. The fourth-order valence-electron chi connectivity index (χ4n) is 6.21. The van der Waals surface area contributed by atoms with E-state index in [9.17, 15) is 19.2 Å². The molecular formula is C39H70B2N2O12. The standard InChI is InChI=1S/C19H34BNO6.C19H30BNO6.CH4.H2/c2*1-17(2,3)25-16(23)21-12-13(11-14(21)15(22)24-8)9-10-20-26-18(4,5)19(6,7)27-20;;/h13-14H,9-12H2,1-8H3;11-12H,9-10H2,1-8H3;1H4;1H. The number of carbonyl (C=O) groups is 4. The molecule has 0 N–H and O–H groups in total. The van der Waals surface area contributed by atoms with Crippen LogP contribution < -0.4 is 0 Å². The quantitative estimate of drug-likeness (QED) is 0.144. The fraction of sp³-hybridized carbons (Fsp3) is 0.795. The molecule has 0 radical (unpaired) electrons. The van der Waals surface area contributed by atoms with Crippen LogP contribution in [0, 0.1) is 5.92 Å². The predicted molar refractivity (Wildman–Crippen MR) is 213 cm³/mol. The SMILES string of the molecule is C.COC(=O)C1CC(CCB2OC(C)(C)C(C)(C)O2)CN1C(=O)OC(C)(C)C.COC(=O)c1cc(CCB2OC(C)(C)C(C)(C)O2)cn1C(=O)OC(C)(C)C.[HH]. The lowest BCUT2D eigenvalue weighted by Gasteiger charge is -2.32. The van der Waals surface area contributed by atoms with Gasteiger partial charge in [0.15, 0.2) is 0 Å². The van der Waals surface area contributed by atoms with Crippen molar-refractivity contribution in [2.24, 2.45) is 5.92 Å². The summed E-state index contributed by atoms with van der Waals surface area (Å²) in [4.78, 5) is 50.6. The second-order valence-electron chi connectivity index (χ2n) is 18.3. The van der Waals surface area contributed by atoms with Crippen LogP contribution >= 0.6 is 0 Å². The number of aryl methyl sites for hydroxylation is 1. The summed E-state index contributed by atoms with van der Waals surface area (Å²) in [5.74, 6) is -0.831. The molecule has 314 valence electrons. The molecule has 0 saturated carbocycles. The summed E-state index contributed by atoms with van der Waals surface area (Å²) in [6.45, 7) is 27.3. The van der Waals surface area contributed by atoms with E-state index in [1.807, 2.05) is 76.2 Å². The van der Waals surface area contributed by atoms with Gasteiger partial charge in [-0.2, -0.15) is 0 Å². The smallest absolute Gasteiger partial charge is 0.458 e. The van der Waals surface area contributed by atoms with Gasteiger partial charge in [-0.3, -0.25) is 4.90 Å². The molecule has 0 spiro atoms. The molecule has 0 bridgehead atoms. The molecule has 0 aromatic carbocycles. The summed E-state index contributed by atoms with van der Waals surface area (Å²) in [5.41, 5.74) is -1.84. The maximum atomic E-state index is 12.5. The topological polar surface area (TPSA) is 150 Å². The van der Waals surface area contributed by atoms with Crippen molar-refractivity contribution in [1.29, 1.82) is 0 Å². The third kappa shape index (κ3) is 12.5. The van der Waals surface area contributed by atoms with Gasteiger partial charge in [-0.25, -0.2) is 23.7 Å². The maximum Gasteiger partial charge on any atom is 0.458 e. The Hall–Kier alpha value is -3.07. The second-order valence-corrected chi connectivity index (χ2v) is 18.3. The van der Waals surface area contributed by atoms with Crippen LogP contribution in [-0.2, 0) is 48.8 Å². The monoisotopic (exact) mass is 781 g/mol. The molecular weight excluding hydrogens is 710 g/mol. The summed E-state index contributed by atoms with van der Waals surface area (Å²) in [7, 11) is 2.00. The molecule has 1 amide bonds. The van der Waals surface area contributed by atoms with Crippen LogP contribution in [0.5, 0.6) is 0 Å². The van der Waals surface area contributed by atoms with Crippen molar-refractivity contribution in [1.82, 2.24) is 9.47 Å². The molecule has 3 aliphatic heterocycles. The number of nitrogens with zero attached hydrogens (tertiary/aromatic N) is 2. The van der Waals surface area contributed by atoms with Crippen LogP contribution in [0.1, 0.15) is 135 Å². The van der Waals surface area contributed by atoms with Gasteiger partial charge in [0.05, 0.1) is 36.6 Å². The molecule has 55 heavy (non-hydrogen) atoms. The minimum atomic E-state index is -0.669. The number of carbonyl (C=O) groups excluding carboxylic acids is 4. The molecule has 4 heterocycles. The van der Waals surface area contributed by atoms with E-state index in [0.29, 0.717) is 32.0 Å². The van der Waals surface area contributed by atoms with Gasteiger partial charge in [-0.15, -0.1) is 0 Å². The lowest BCUT2D eigenvalue weighted by Crippen LogP contribution is -2.43. The molecule has 3 aliphatic rings. The van der Waals surface area contributed by atoms with Crippen LogP contribution in [0.15, 0.2) is 12.3 Å². The van der Waals surface area contributed by atoms with Crippen molar-refractivity contribution in [3.8, 4) is 0 Å². The molecule has 2 atom stereocenters. The van der Waals surface area contributed by atoms with E-state index in [2.05, 4.69) is 0 Å². The van der Waals surface area contributed by atoms with Crippen LogP contribution in [-0.4, -0.2) is 108 Å². The van der Waals surface area contributed by atoms with Crippen molar-refractivity contribution in [3.05, 3.63) is 23.5 Å². The first-order valence-electron chi connectivity index (χ1n) is 18.8. The molecule has 2 unspecified atom stereocenters. The molecule has 1 aromatic rings. The zero-order valence-electron chi connectivity index (χ0n) is 35.5. The van der Waals surface area contributed by atoms with E-state index in [0.717, 1.165) is 12.0 Å². The summed E-state index contributed by atoms with van der Waals surface area (Å²) in [5, 5.41) is 0. The molecule has 3 saturated heterocycles. The van der Waals surface area contributed by atoms with Gasteiger partial charge >= 0.3 is 38.4 Å². The number of esters is 2. The van der Waals surface area contributed by atoms with Gasteiger partial charge in [0.25, 0.3) is 0 Å². The second kappa shape index (κ2) is 17.6. The predicted octanol–water partition coefficient (Wildman–Crippen LogP) is 7.84. The molecule has 0 aliphatic carbocycles. The van der Waals surface area contributed by atoms with Crippen molar-refractivity contribution in [2.75, 3.05) is 20.8 Å². The molecule has 1 aromatic heterocycles. The van der Waals surface area contributed by atoms with Crippen molar-refractivity contribution in [3.63, 3.8) is 0 Å². The Labute approximate surface area is 331 Å². The number of ether oxygens (including phenoxy) is 4. The van der Waals surface area contributed by atoms with Gasteiger partial charge in [-0.05, 0) is 140 Å². The van der Waals surface area contributed by atoms with Crippen molar-refractivity contribution >= 4 is 38.4 Å². The number of hydrogen-bond donors (Lipinski definition) is 0. The zero-order valence-corrected chi connectivity index (χ0v) is 35.5. The average molecular weight is 781 g/mol. The maximum absolute atomic E-state index is 12.5. The summed E-state index contributed by atoms with van der Waals surface area (Å²) < 4.78 is 45.8. The lowest BCUT2D eigenvalue weighted by atomic mass is 9.79. The normalized spacial score (nSPS) is 22.3. The van der Waals surface area contributed by atoms with E-state index in [1.165, 1.54) is 23.7 Å². The molecule has 16 heteroatoms. The van der Waals surface area contributed by atoms with Gasteiger partial charge < -0.3 is 37.6 Å². The molecule has 3 fully saturated rings. The Bertz CT molecular complexity index is 1480. The van der Waals surface area contributed by atoms with E-state index >= 15 is 0 Å². The first-order valence-corrected chi connectivity index (χ1v) is 18.8. The van der Waals surface area contributed by atoms with Crippen LogP contribution in [0.4, 0.5) is 9.59 Å². The van der Waals surface area contributed by atoms with Crippen LogP contribution in [0.2, 0.25) is 12.6 Å².